The summed E-state index contributed by atoms with van der Waals surface area (Å²) in [6, 6.07) is 7.41. The number of nitrogens with two attached hydrogens (primary N) is 1. The Hall–Kier alpha value is -2.08. The molecule has 25 heavy (non-hydrogen) atoms. The van der Waals surface area contributed by atoms with Crippen molar-refractivity contribution in [3.63, 3.8) is 0 Å². The summed E-state index contributed by atoms with van der Waals surface area (Å²) in [7, 11) is 0. The van der Waals surface area contributed by atoms with Crippen LogP contribution in [0.4, 0.5) is 0 Å². The number of halogens is 1. The number of carbonyl (C=O) groups is 3. The van der Waals surface area contributed by atoms with Gasteiger partial charge < -0.3 is 15.5 Å². The molecule has 0 aromatic heterocycles. The molecule has 1 aromatic rings. The molecule has 7 heteroatoms. The molecule has 2 aliphatic heterocycles. The van der Waals surface area contributed by atoms with Crippen LogP contribution in [-0.4, -0.2) is 47.2 Å². The average Bonchev–Trinajstić information content (AvgIpc) is 2.97. The molecule has 134 valence electrons. The van der Waals surface area contributed by atoms with Crippen LogP contribution in [0.1, 0.15) is 24.8 Å². The molecular weight excluding hydrogens is 342 g/mol. The predicted octanol–water partition coefficient (Wildman–Crippen LogP) is 1.41. The molecule has 2 heterocycles. The zero-order valence-corrected chi connectivity index (χ0v) is 14.7. The van der Waals surface area contributed by atoms with E-state index in [9.17, 15) is 14.4 Å². The van der Waals surface area contributed by atoms with Gasteiger partial charge in [0.1, 0.15) is 0 Å². The lowest BCUT2D eigenvalue weighted by Crippen LogP contribution is -2.44. The van der Waals surface area contributed by atoms with E-state index >= 15 is 0 Å². The van der Waals surface area contributed by atoms with E-state index < -0.39 is 0 Å². The van der Waals surface area contributed by atoms with Gasteiger partial charge in [-0.15, -0.1) is 0 Å². The molecule has 0 aliphatic carbocycles. The maximum absolute atomic E-state index is 12.7. The second kappa shape index (κ2) is 7.44. The molecule has 0 spiro atoms. The number of likely N-dealkylation sites (tertiary alicyclic amines) is 2. The summed E-state index contributed by atoms with van der Waals surface area (Å²) < 4.78 is 0. The SMILES string of the molecule is NC(=O)C1CCN(C(=O)[C@H]2CC(=O)N(Cc3ccccc3Cl)C2)CC1. The third-order valence-electron chi connectivity index (χ3n) is 5.09. The van der Waals surface area contributed by atoms with E-state index in [0.29, 0.717) is 44.0 Å². The topological polar surface area (TPSA) is 83.7 Å². The molecule has 3 amide bonds. The minimum Gasteiger partial charge on any atom is -0.369 e. The lowest BCUT2D eigenvalue weighted by atomic mass is 9.95. The van der Waals surface area contributed by atoms with E-state index in [2.05, 4.69) is 0 Å². The molecule has 6 nitrogen and oxygen atoms in total. The quantitative estimate of drug-likeness (QED) is 0.877. The van der Waals surface area contributed by atoms with Gasteiger partial charge in [0.25, 0.3) is 0 Å². The van der Waals surface area contributed by atoms with Gasteiger partial charge in [-0.3, -0.25) is 14.4 Å². The van der Waals surface area contributed by atoms with Crippen LogP contribution in [-0.2, 0) is 20.9 Å². The summed E-state index contributed by atoms with van der Waals surface area (Å²) >= 11 is 6.16. The molecule has 0 saturated carbocycles. The number of benzene rings is 1. The second-order valence-electron chi connectivity index (χ2n) is 6.77. The highest BCUT2D eigenvalue weighted by Crippen LogP contribution is 2.26. The van der Waals surface area contributed by atoms with Crippen molar-refractivity contribution in [3.05, 3.63) is 34.9 Å². The van der Waals surface area contributed by atoms with Gasteiger partial charge in [-0.1, -0.05) is 29.8 Å². The zero-order valence-electron chi connectivity index (χ0n) is 14.0. The van der Waals surface area contributed by atoms with Gasteiger partial charge in [0.2, 0.25) is 17.7 Å². The van der Waals surface area contributed by atoms with E-state index in [4.69, 9.17) is 17.3 Å². The fourth-order valence-corrected chi connectivity index (χ4v) is 3.76. The summed E-state index contributed by atoms with van der Waals surface area (Å²) in [6.45, 7) is 1.90. The first-order valence-corrected chi connectivity index (χ1v) is 8.92. The number of primary amides is 1. The number of piperidine rings is 1. The minimum atomic E-state index is -0.319. The highest BCUT2D eigenvalue weighted by atomic mass is 35.5. The number of rotatable bonds is 4. The van der Waals surface area contributed by atoms with Gasteiger partial charge in [-0.25, -0.2) is 0 Å². The minimum absolute atomic E-state index is 0.00192. The van der Waals surface area contributed by atoms with Gasteiger partial charge in [0.15, 0.2) is 0 Å². The fraction of sp³-hybridized carbons (Fsp3) is 0.500. The molecule has 0 radical (unpaired) electrons. The summed E-state index contributed by atoms with van der Waals surface area (Å²) in [5.74, 6) is -0.789. The zero-order chi connectivity index (χ0) is 18.0. The Balaban J connectivity index is 1.58. The van der Waals surface area contributed by atoms with Crippen LogP contribution in [0.3, 0.4) is 0 Å². The lowest BCUT2D eigenvalue weighted by molar-refractivity contribution is -0.138. The van der Waals surface area contributed by atoms with Crippen LogP contribution < -0.4 is 5.73 Å². The number of amides is 3. The summed E-state index contributed by atoms with van der Waals surface area (Å²) in [5, 5.41) is 0.624. The van der Waals surface area contributed by atoms with Crippen molar-refractivity contribution in [2.45, 2.75) is 25.8 Å². The van der Waals surface area contributed by atoms with Crippen molar-refractivity contribution in [1.82, 2.24) is 9.80 Å². The second-order valence-corrected chi connectivity index (χ2v) is 7.18. The third-order valence-corrected chi connectivity index (χ3v) is 5.46. The average molecular weight is 364 g/mol. The molecular formula is C18H22ClN3O3. The molecule has 1 atom stereocenters. The van der Waals surface area contributed by atoms with Gasteiger partial charge in [0.05, 0.1) is 5.92 Å². The monoisotopic (exact) mass is 363 g/mol. The summed E-state index contributed by atoms with van der Waals surface area (Å²) in [4.78, 5) is 39.7. The van der Waals surface area contributed by atoms with E-state index in [1.54, 1.807) is 15.9 Å². The molecule has 0 bridgehead atoms. The van der Waals surface area contributed by atoms with Gasteiger partial charge >= 0.3 is 0 Å². The highest BCUT2D eigenvalue weighted by molar-refractivity contribution is 6.31. The van der Waals surface area contributed by atoms with E-state index in [1.807, 2.05) is 18.2 Å². The lowest BCUT2D eigenvalue weighted by Gasteiger charge is -2.32. The maximum Gasteiger partial charge on any atom is 0.227 e. The Bertz CT molecular complexity index is 686. The number of hydrogen-bond acceptors (Lipinski definition) is 3. The molecule has 2 aliphatic rings. The Labute approximate surface area is 151 Å². The van der Waals surface area contributed by atoms with Crippen LogP contribution in [0.25, 0.3) is 0 Å². The van der Waals surface area contributed by atoms with Crippen molar-refractivity contribution in [2.24, 2.45) is 17.6 Å². The fourth-order valence-electron chi connectivity index (χ4n) is 3.57. The van der Waals surface area contributed by atoms with Crippen LogP contribution in [0, 0.1) is 11.8 Å². The van der Waals surface area contributed by atoms with Gasteiger partial charge in [0, 0.05) is 43.5 Å². The smallest absolute Gasteiger partial charge is 0.227 e. The van der Waals surface area contributed by atoms with Crippen molar-refractivity contribution >= 4 is 29.3 Å². The van der Waals surface area contributed by atoms with Crippen LogP contribution in [0.2, 0.25) is 5.02 Å². The summed E-state index contributed by atoms with van der Waals surface area (Å²) in [5.41, 5.74) is 6.21. The van der Waals surface area contributed by atoms with Crippen molar-refractivity contribution in [1.29, 1.82) is 0 Å². The maximum atomic E-state index is 12.7. The molecule has 0 unspecified atom stereocenters. The van der Waals surface area contributed by atoms with E-state index in [1.165, 1.54) is 0 Å². The standard InChI is InChI=1S/C18H22ClN3O3/c19-15-4-2-1-3-13(15)10-22-11-14(9-16(22)23)18(25)21-7-5-12(6-8-21)17(20)24/h1-4,12,14H,5-11H2,(H2,20,24)/t14-/m0/s1. The molecule has 2 fully saturated rings. The van der Waals surface area contributed by atoms with Crippen molar-refractivity contribution in [2.75, 3.05) is 19.6 Å². The predicted molar refractivity (Wildman–Crippen MR) is 93.5 cm³/mol. The van der Waals surface area contributed by atoms with Gasteiger partial charge in [-0.2, -0.15) is 0 Å². The van der Waals surface area contributed by atoms with E-state index in [0.717, 1.165) is 5.56 Å². The largest absolute Gasteiger partial charge is 0.369 e. The van der Waals surface area contributed by atoms with Gasteiger partial charge in [-0.05, 0) is 24.5 Å². The first kappa shape index (κ1) is 17.7. The molecule has 1 aromatic carbocycles. The molecule has 2 N–H and O–H groups in total. The highest BCUT2D eigenvalue weighted by Gasteiger charge is 2.37. The van der Waals surface area contributed by atoms with Crippen molar-refractivity contribution in [3.8, 4) is 0 Å². The molecule has 3 rings (SSSR count). The first-order valence-electron chi connectivity index (χ1n) is 8.55. The van der Waals surface area contributed by atoms with Crippen LogP contribution >= 0.6 is 11.6 Å². The Morgan fingerprint density at radius 2 is 1.84 bits per heavy atom. The summed E-state index contributed by atoms with van der Waals surface area (Å²) in [6.07, 6.45) is 1.44. The van der Waals surface area contributed by atoms with Crippen LogP contribution in [0.15, 0.2) is 24.3 Å². The third kappa shape index (κ3) is 3.95. The Kier molecular flexibility index (Phi) is 5.27. The number of nitrogens with zero attached hydrogens (tertiary/aromatic N) is 2. The van der Waals surface area contributed by atoms with E-state index in [-0.39, 0.29) is 36.0 Å². The first-order chi connectivity index (χ1) is 12.0. The van der Waals surface area contributed by atoms with Crippen LogP contribution in [0.5, 0.6) is 0 Å². The normalized spacial score (nSPS) is 21.6. The Morgan fingerprint density at radius 3 is 2.48 bits per heavy atom. The number of carbonyl (C=O) groups excluding carboxylic acids is 3. The number of hydrogen-bond donors (Lipinski definition) is 1. The molecule has 2 saturated heterocycles. The Morgan fingerprint density at radius 1 is 1.16 bits per heavy atom. The van der Waals surface area contributed by atoms with Crippen molar-refractivity contribution < 1.29 is 14.4 Å².